The molecule has 1 amide bonds. The molecule has 178 valence electrons. The van der Waals surface area contributed by atoms with E-state index in [1.807, 2.05) is 61.3 Å². The van der Waals surface area contributed by atoms with Crippen LogP contribution in [0.5, 0.6) is 5.75 Å². The summed E-state index contributed by atoms with van der Waals surface area (Å²) in [4.78, 5) is 17.6. The molecule has 0 bridgehead atoms. The van der Waals surface area contributed by atoms with E-state index in [0.29, 0.717) is 17.5 Å². The first-order valence-corrected chi connectivity index (χ1v) is 13.5. The molecule has 0 unspecified atom stereocenters. The number of amides is 1. The number of pyridine rings is 1. The summed E-state index contributed by atoms with van der Waals surface area (Å²) in [6.45, 7) is 5.00. The maximum Gasteiger partial charge on any atom is 0.255 e. The van der Waals surface area contributed by atoms with Crippen LogP contribution in [0.4, 0.5) is 5.69 Å². The minimum atomic E-state index is -0.128. The maximum absolute atomic E-state index is 12.8. The summed E-state index contributed by atoms with van der Waals surface area (Å²) >= 11 is 2.05. The van der Waals surface area contributed by atoms with E-state index in [2.05, 4.69) is 23.6 Å². The van der Waals surface area contributed by atoms with Crippen LogP contribution in [0.15, 0.2) is 48.7 Å². The monoisotopic (exact) mass is 475 g/mol. The molecule has 2 heterocycles. The quantitative estimate of drug-likeness (QED) is 0.410. The summed E-state index contributed by atoms with van der Waals surface area (Å²) in [5.41, 5.74) is 4.50. The van der Waals surface area contributed by atoms with Gasteiger partial charge in [0.25, 0.3) is 5.91 Å². The third-order valence-corrected chi connectivity index (χ3v) is 7.93. The zero-order chi connectivity index (χ0) is 23.5. The lowest BCUT2D eigenvalue weighted by Gasteiger charge is -2.26. The van der Waals surface area contributed by atoms with Gasteiger partial charge in [0.1, 0.15) is 5.75 Å². The van der Waals surface area contributed by atoms with Crippen LogP contribution in [-0.4, -0.2) is 35.0 Å². The second kappa shape index (κ2) is 10.4. The number of hydrogen-bond acceptors (Lipinski definition) is 5. The van der Waals surface area contributed by atoms with Gasteiger partial charge in [0, 0.05) is 34.9 Å². The molecule has 2 fully saturated rings. The molecule has 2 aliphatic rings. The molecule has 1 saturated carbocycles. The Bertz CT molecular complexity index is 1150. The van der Waals surface area contributed by atoms with E-state index in [0.717, 1.165) is 34.5 Å². The zero-order valence-corrected chi connectivity index (χ0v) is 20.8. The molecule has 5 rings (SSSR count). The number of carbonyl (C=O) groups is 1. The molecule has 2 aromatic carbocycles. The molecule has 5 nitrogen and oxygen atoms in total. The molecule has 0 radical (unpaired) electrons. The van der Waals surface area contributed by atoms with Gasteiger partial charge in [-0.1, -0.05) is 6.07 Å². The summed E-state index contributed by atoms with van der Waals surface area (Å²) in [5, 5.41) is 7.92. The summed E-state index contributed by atoms with van der Waals surface area (Å²) in [5.74, 6) is 3.88. The molecule has 1 atom stereocenters. The standard InChI is InChI=1S/C28H33N3O2S/c1-18-26(31-28(32)21-5-8-25(9-6-21)33-17-20-3-4-20)10-7-22-15-23(16-29-27(18)22)19(2)30-24-11-13-34-14-12-24/h5-10,15-16,19-20,24,30H,3-4,11-14,17H2,1-2H3,(H,31,32)/t19-/m1/s1. The first-order valence-electron chi connectivity index (χ1n) is 12.3. The van der Waals surface area contributed by atoms with E-state index >= 15 is 0 Å². The van der Waals surface area contributed by atoms with E-state index in [1.54, 1.807) is 0 Å². The van der Waals surface area contributed by atoms with E-state index in [-0.39, 0.29) is 11.9 Å². The molecule has 1 saturated heterocycles. The molecule has 3 aromatic rings. The lowest BCUT2D eigenvalue weighted by Crippen LogP contribution is -2.34. The van der Waals surface area contributed by atoms with Crippen LogP contribution in [0.1, 0.15) is 60.1 Å². The fourth-order valence-electron chi connectivity index (χ4n) is 4.45. The van der Waals surface area contributed by atoms with Crippen LogP contribution in [0.2, 0.25) is 0 Å². The Balaban J connectivity index is 1.25. The van der Waals surface area contributed by atoms with Crippen LogP contribution in [-0.2, 0) is 0 Å². The zero-order valence-electron chi connectivity index (χ0n) is 20.0. The fourth-order valence-corrected chi connectivity index (χ4v) is 5.55. The van der Waals surface area contributed by atoms with Gasteiger partial charge in [0.05, 0.1) is 12.1 Å². The maximum atomic E-state index is 12.8. The topological polar surface area (TPSA) is 63.2 Å². The van der Waals surface area contributed by atoms with E-state index in [9.17, 15) is 4.79 Å². The predicted octanol–water partition coefficient (Wildman–Crippen LogP) is 6.13. The van der Waals surface area contributed by atoms with Gasteiger partial charge in [0.2, 0.25) is 0 Å². The largest absolute Gasteiger partial charge is 0.493 e. The highest BCUT2D eigenvalue weighted by atomic mass is 32.2. The molecular formula is C28H33N3O2S. The van der Waals surface area contributed by atoms with Crippen LogP contribution in [0.3, 0.4) is 0 Å². The number of aromatic nitrogens is 1. The second-order valence-electron chi connectivity index (χ2n) is 9.59. The number of anilines is 1. The average Bonchev–Trinajstić information content (AvgIpc) is 3.70. The van der Waals surface area contributed by atoms with E-state index in [1.165, 1.54) is 42.8 Å². The van der Waals surface area contributed by atoms with Gasteiger partial charge in [-0.05, 0) is 104 Å². The highest BCUT2D eigenvalue weighted by Crippen LogP contribution is 2.30. The number of fused-ring (bicyclic) bond motifs is 1. The van der Waals surface area contributed by atoms with Crippen molar-refractivity contribution >= 4 is 34.3 Å². The molecule has 2 N–H and O–H groups in total. The van der Waals surface area contributed by atoms with Crippen molar-refractivity contribution in [1.82, 2.24) is 10.3 Å². The Morgan fingerprint density at radius 1 is 1.12 bits per heavy atom. The number of rotatable bonds is 8. The Hall–Kier alpha value is -2.57. The van der Waals surface area contributed by atoms with Crippen molar-refractivity contribution in [3.05, 3.63) is 65.4 Å². The number of benzene rings is 2. The molecule has 1 aromatic heterocycles. The van der Waals surface area contributed by atoms with Gasteiger partial charge in [-0.25, -0.2) is 0 Å². The third kappa shape index (κ3) is 5.56. The number of nitrogens with one attached hydrogen (secondary N) is 2. The van der Waals surface area contributed by atoms with Crippen molar-refractivity contribution in [3.8, 4) is 5.75 Å². The number of nitrogens with zero attached hydrogens (tertiary/aromatic N) is 1. The van der Waals surface area contributed by atoms with Gasteiger partial charge in [-0.2, -0.15) is 11.8 Å². The lowest BCUT2D eigenvalue weighted by atomic mass is 10.0. The van der Waals surface area contributed by atoms with Crippen LogP contribution >= 0.6 is 11.8 Å². The van der Waals surface area contributed by atoms with Crippen molar-refractivity contribution in [3.63, 3.8) is 0 Å². The highest BCUT2D eigenvalue weighted by molar-refractivity contribution is 7.99. The molecule has 1 aliphatic carbocycles. The first-order chi connectivity index (χ1) is 16.6. The first kappa shape index (κ1) is 23.2. The summed E-state index contributed by atoms with van der Waals surface area (Å²) in [6, 6.07) is 14.5. The van der Waals surface area contributed by atoms with Crippen LogP contribution in [0, 0.1) is 12.8 Å². The second-order valence-corrected chi connectivity index (χ2v) is 10.8. The Morgan fingerprint density at radius 2 is 1.88 bits per heavy atom. The van der Waals surface area contributed by atoms with Crippen molar-refractivity contribution < 1.29 is 9.53 Å². The van der Waals surface area contributed by atoms with Crippen molar-refractivity contribution in [1.29, 1.82) is 0 Å². The summed E-state index contributed by atoms with van der Waals surface area (Å²) in [7, 11) is 0. The average molecular weight is 476 g/mol. The van der Waals surface area contributed by atoms with Crippen molar-refractivity contribution in [2.75, 3.05) is 23.4 Å². The normalized spacial score (nSPS) is 17.5. The minimum absolute atomic E-state index is 0.128. The number of thioether (sulfide) groups is 1. The van der Waals surface area contributed by atoms with Gasteiger partial charge in [-0.3, -0.25) is 9.78 Å². The SMILES string of the molecule is Cc1c(NC(=O)c2ccc(OCC3CC3)cc2)ccc2cc([C@@H](C)NC3CCSCC3)cnc12. The van der Waals surface area contributed by atoms with E-state index < -0.39 is 0 Å². The smallest absolute Gasteiger partial charge is 0.255 e. The number of carbonyl (C=O) groups excluding carboxylic acids is 1. The van der Waals surface area contributed by atoms with Gasteiger partial charge in [-0.15, -0.1) is 0 Å². The van der Waals surface area contributed by atoms with E-state index in [4.69, 9.17) is 9.72 Å². The Labute approximate surface area is 206 Å². The third-order valence-electron chi connectivity index (χ3n) is 6.88. The molecule has 34 heavy (non-hydrogen) atoms. The number of aryl methyl sites for hydroxylation is 1. The lowest BCUT2D eigenvalue weighted by molar-refractivity contribution is 0.102. The van der Waals surface area contributed by atoms with Crippen LogP contribution < -0.4 is 15.4 Å². The highest BCUT2D eigenvalue weighted by Gasteiger charge is 2.22. The predicted molar refractivity (Wildman–Crippen MR) is 141 cm³/mol. The van der Waals surface area contributed by atoms with Gasteiger partial charge < -0.3 is 15.4 Å². The Morgan fingerprint density at radius 3 is 2.62 bits per heavy atom. The summed E-state index contributed by atoms with van der Waals surface area (Å²) in [6.07, 6.45) is 6.95. The molecule has 0 spiro atoms. The number of ether oxygens (including phenoxy) is 1. The molecule has 6 heteroatoms. The summed E-state index contributed by atoms with van der Waals surface area (Å²) < 4.78 is 5.77. The van der Waals surface area contributed by atoms with Crippen LogP contribution in [0.25, 0.3) is 10.9 Å². The van der Waals surface area contributed by atoms with Gasteiger partial charge in [0.15, 0.2) is 0 Å². The minimum Gasteiger partial charge on any atom is -0.493 e. The van der Waals surface area contributed by atoms with Gasteiger partial charge >= 0.3 is 0 Å². The Kier molecular flexibility index (Phi) is 7.07. The van der Waals surface area contributed by atoms with Crippen molar-refractivity contribution in [2.24, 2.45) is 5.92 Å². The molecule has 1 aliphatic heterocycles. The molecular weight excluding hydrogens is 442 g/mol. The number of hydrogen-bond donors (Lipinski definition) is 2. The fraction of sp³-hybridized carbons (Fsp3) is 0.429. The van der Waals surface area contributed by atoms with Crippen molar-refractivity contribution in [2.45, 2.75) is 51.6 Å².